The molecule has 0 saturated carbocycles. The third kappa shape index (κ3) is 3.86. The second-order valence-corrected chi connectivity index (χ2v) is 10.8. The zero-order chi connectivity index (χ0) is 25.9. The molecule has 6 aromatic rings. The summed E-state index contributed by atoms with van der Waals surface area (Å²) in [5.41, 5.74) is 4.34. The van der Waals surface area contributed by atoms with Gasteiger partial charge in [-0.25, -0.2) is 0 Å². The Balaban J connectivity index is 1.63. The first-order valence-electron chi connectivity index (χ1n) is 11.9. The van der Waals surface area contributed by atoms with Crippen LogP contribution in [0.25, 0.3) is 50.3 Å². The molecular formula is C30H23Cl2N3O2. The van der Waals surface area contributed by atoms with Crippen LogP contribution in [-0.2, 0) is 5.41 Å². The Morgan fingerprint density at radius 3 is 2.00 bits per heavy atom. The molecule has 2 heterocycles. The minimum atomic E-state index is -0.214. The normalized spacial score (nSPS) is 12.0. The number of aromatic hydroxyl groups is 1. The predicted molar refractivity (Wildman–Crippen MR) is 150 cm³/mol. The summed E-state index contributed by atoms with van der Waals surface area (Å²) in [7, 11) is 0. The lowest BCUT2D eigenvalue weighted by Gasteiger charge is -2.22. The number of aromatic nitrogens is 3. The van der Waals surface area contributed by atoms with Gasteiger partial charge >= 0.3 is 0 Å². The van der Waals surface area contributed by atoms with Crippen molar-refractivity contribution in [3.63, 3.8) is 0 Å². The number of benzene rings is 4. The number of phenolic OH excluding ortho intramolecular Hbond substituents is 1. The van der Waals surface area contributed by atoms with Crippen LogP contribution in [0.1, 0.15) is 26.3 Å². The van der Waals surface area contributed by atoms with Gasteiger partial charge in [-0.15, -0.1) is 0 Å². The SMILES string of the molecule is CC(C)(C)c1cc(-c2noc(-c3c(Cl)cccc3Cl)n2)c(O)c(-n2c3ccccc3c3ccccc32)c1. The van der Waals surface area contributed by atoms with Crippen molar-refractivity contribution in [2.75, 3.05) is 0 Å². The van der Waals surface area contributed by atoms with Gasteiger partial charge in [0, 0.05) is 10.8 Å². The van der Waals surface area contributed by atoms with Crippen molar-refractivity contribution in [1.29, 1.82) is 0 Å². The second-order valence-electron chi connectivity index (χ2n) is 10.0. The Labute approximate surface area is 223 Å². The van der Waals surface area contributed by atoms with E-state index in [9.17, 15) is 5.11 Å². The third-order valence-electron chi connectivity index (χ3n) is 6.62. The van der Waals surface area contributed by atoms with E-state index >= 15 is 0 Å². The summed E-state index contributed by atoms with van der Waals surface area (Å²) in [5.74, 6) is 0.485. The van der Waals surface area contributed by atoms with Gasteiger partial charge in [-0.05, 0) is 47.4 Å². The van der Waals surface area contributed by atoms with Crippen molar-refractivity contribution in [2.45, 2.75) is 26.2 Å². The fourth-order valence-corrected chi connectivity index (χ4v) is 5.27. The maximum absolute atomic E-state index is 11.7. The van der Waals surface area contributed by atoms with Gasteiger partial charge in [0.25, 0.3) is 5.89 Å². The zero-order valence-electron chi connectivity index (χ0n) is 20.5. The summed E-state index contributed by atoms with van der Waals surface area (Å²) in [6, 6.07) is 25.5. The largest absolute Gasteiger partial charge is 0.505 e. The van der Waals surface area contributed by atoms with E-state index in [1.165, 1.54) is 0 Å². The highest BCUT2D eigenvalue weighted by Gasteiger charge is 2.25. The van der Waals surface area contributed by atoms with E-state index < -0.39 is 0 Å². The minimum Gasteiger partial charge on any atom is -0.505 e. The maximum Gasteiger partial charge on any atom is 0.261 e. The first-order chi connectivity index (χ1) is 17.7. The highest BCUT2D eigenvalue weighted by molar-refractivity contribution is 6.38. The summed E-state index contributed by atoms with van der Waals surface area (Å²) in [5, 5.41) is 18.9. The van der Waals surface area contributed by atoms with E-state index in [1.54, 1.807) is 18.2 Å². The van der Waals surface area contributed by atoms with Crippen LogP contribution < -0.4 is 0 Å². The molecule has 0 spiro atoms. The zero-order valence-corrected chi connectivity index (χ0v) is 22.0. The summed E-state index contributed by atoms with van der Waals surface area (Å²) in [6.45, 7) is 6.39. The molecule has 0 aliphatic rings. The number of hydrogen-bond acceptors (Lipinski definition) is 4. The molecule has 0 aliphatic heterocycles. The second kappa shape index (κ2) is 8.65. The van der Waals surface area contributed by atoms with Crippen LogP contribution in [0.15, 0.2) is 83.4 Å². The van der Waals surface area contributed by atoms with Crippen LogP contribution in [0.4, 0.5) is 0 Å². The number of rotatable bonds is 3. The summed E-state index contributed by atoms with van der Waals surface area (Å²) >= 11 is 12.7. The van der Waals surface area contributed by atoms with Crippen LogP contribution in [0.2, 0.25) is 10.0 Å². The van der Waals surface area contributed by atoms with Gasteiger partial charge in [-0.1, -0.05) is 91.6 Å². The van der Waals surface area contributed by atoms with Gasteiger partial charge in [0.1, 0.15) is 0 Å². The first-order valence-corrected chi connectivity index (χ1v) is 12.6. The molecule has 0 atom stereocenters. The molecule has 0 amide bonds. The molecule has 0 fully saturated rings. The van der Waals surface area contributed by atoms with Crippen molar-refractivity contribution >= 4 is 45.0 Å². The lowest BCUT2D eigenvalue weighted by Crippen LogP contribution is -2.12. The number of para-hydroxylation sites is 2. The molecule has 4 aromatic carbocycles. The predicted octanol–water partition coefficient (Wildman–Crippen LogP) is 8.81. The van der Waals surface area contributed by atoms with E-state index in [0.717, 1.165) is 27.4 Å². The molecule has 1 N–H and O–H groups in total. The molecule has 184 valence electrons. The Hall–Kier alpha value is -3.80. The van der Waals surface area contributed by atoms with Gasteiger partial charge in [0.15, 0.2) is 5.75 Å². The van der Waals surface area contributed by atoms with Crippen LogP contribution in [0, 0.1) is 0 Å². The summed E-state index contributed by atoms with van der Waals surface area (Å²) in [6.07, 6.45) is 0. The Morgan fingerprint density at radius 2 is 1.41 bits per heavy atom. The van der Waals surface area contributed by atoms with Gasteiger partial charge in [-0.2, -0.15) is 4.98 Å². The quantitative estimate of drug-likeness (QED) is 0.249. The van der Waals surface area contributed by atoms with Crippen molar-refractivity contribution < 1.29 is 9.63 Å². The number of halogens is 2. The fraction of sp³-hybridized carbons (Fsp3) is 0.133. The van der Waals surface area contributed by atoms with Crippen molar-refractivity contribution in [3.05, 3.63) is 94.5 Å². The lowest BCUT2D eigenvalue weighted by molar-refractivity contribution is 0.431. The maximum atomic E-state index is 11.7. The van der Waals surface area contributed by atoms with Gasteiger partial charge in [0.2, 0.25) is 5.82 Å². The monoisotopic (exact) mass is 527 g/mol. The Morgan fingerprint density at radius 1 is 0.811 bits per heavy atom. The molecule has 0 saturated heterocycles. The number of hydrogen-bond donors (Lipinski definition) is 1. The summed E-state index contributed by atoms with van der Waals surface area (Å²) in [4.78, 5) is 4.59. The van der Waals surface area contributed by atoms with E-state index in [4.69, 9.17) is 27.7 Å². The van der Waals surface area contributed by atoms with E-state index in [-0.39, 0.29) is 22.9 Å². The standard InChI is InChI=1S/C30H23Cl2N3O2/c1-30(2,3)17-15-20(28-33-29(37-34-28)26-21(31)11-8-12-22(26)32)27(36)25(16-17)35-23-13-6-4-9-18(23)19-10-5-7-14-24(19)35/h4-16,36H,1-3H3. The molecule has 37 heavy (non-hydrogen) atoms. The number of phenols is 1. The average molecular weight is 528 g/mol. The van der Waals surface area contributed by atoms with Crippen LogP contribution in [0.5, 0.6) is 5.75 Å². The first kappa shape index (κ1) is 23.6. The van der Waals surface area contributed by atoms with Crippen molar-refractivity contribution in [3.8, 4) is 34.3 Å². The molecule has 0 unspecified atom stereocenters. The fourth-order valence-electron chi connectivity index (χ4n) is 4.71. The number of nitrogens with zero attached hydrogens (tertiary/aromatic N) is 3. The molecule has 2 aromatic heterocycles. The molecule has 0 bridgehead atoms. The van der Waals surface area contributed by atoms with Gasteiger partial charge in [-0.3, -0.25) is 0 Å². The lowest BCUT2D eigenvalue weighted by atomic mass is 9.85. The highest BCUT2D eigenvalue weighted by Crippen LogP contribution is 2.43. The van der Waals surface area contributed by atoms with Crippen molar-refractivity contribution in [1.82, 2.24) is 14.7 Å². The molecular weight excluding hydrogens is 505 g/mol. The molecule has 0 aliphatic carbocycles. The Kier molecular flexibility index (Phi) is 5.51. The van der Waals surface area contributed by atoms with Crippen molar-refractivity contribution in [2.24, 2.45) is 0 Å². The van der Waals surface area contributed by atoms with Gasteiger partial charge in [0.05, 0.1) is 37.9 Å². The molecule has 7 heteroatoms. The van der Waals surface area contributed by atoms with Crippen LogP contribution in [-0.4, -0.2) is 19.8 Å². The average Bonchev–Trinajstić information content (AvgIpc) is 3.47. The smallest absolute Gasteiger partial charge is 0.261 e. The van der Waals surface area contributed by atoms with E-state index in [1.807, 2.05) is 36.4 Å². The van der Waals surface area contributed by atoms with Crippen LogP contribution >= 0.6 is 23.2 Å². The van der Waals surface area contributed by atoms with Gasteiger partial charge < -0.3 is 14.2 Å². The summed E-state index contributed by atoms with van der Waals surface area (Å²) < 4.78 is 7.66. The minimum absolute atomic E-state index is 0.0529. The molecule has 5 nitrogen and oxygen atoms in total. The van der Waals surface area contributed by atoms with E-state index in [2.05, 4.69) is 59.7 Å². The molecule has 6 rings (SSSR count). The highest BCUT2D eigenvalue weighted by atomic mass is 35.5. The molecule has 0 radical (unpaired) electrons. The third-order valence-corrected chi connectivity index (χ3v) is 7.25. The topological polar surface area (TPSA) is 64.1 Å². The number of fused-ring (bicyclic) bond motifs is 3. The van der Waals surface area contributed by atoms with Crippen LogP contribution in [0.3, 0.4) is 0 Å². The van der Waals surface area contributed by atoms with E-state index in [0.29, 0.717) is 26.9 Å². The Bertz CT molecular complexity index is 1740.